The zero-order chi connectivity index (χ0) is 16.0. The minimum atomic E-state index is 0.544. The fraction of sp³-hybridized carbons (Fsp3) is 0.143. The van der Waals surface area contributed by atoms with Crippen molar-refractivity contribution < 1.29 is 9.47 Å². The lowest BCUT2D eigenvalue weighted by Gasteiger charge is -2.06. The molecule has 0 bridgehead atoms. The van der Waals surface area contributed by atoms with Gasteiger partial charge in [-0.3, -0.25) is 0 Å². The van der Waals surface area contributed by atoms with Crippen molar-refractivity contribution in [3.63, 3.8) is 0 Å². The molecule has 7 heteroatoms. The van der Waals surface area contributed by atoms with Crippen molar-refractivity contribution in [1.29, 1.82) is 0 Å². The van der Waals surface area contributed by atoms with Crippen LogP contribution in [0.4, 0.5) is 11.4 Å². The van der Waals surface area contributed by atoms with Crippen molar-refractivity contribution in [3.8, 4) is 11.5 Å². The first-order chi connectivity index (χ1) is 9.92. The van der Waals surface area contributed by atoms with E-state index in [1.807, 2.05) is 6.07 Å². The van der Waals surface area contributed by atoms with Crippen LogP contribution >= 0.6 is 45.8 Å². The van der Waals surface area contributed by atoms with Crippen LogP contribution in [0, 0.1) is 3.57 Å². The molecule has 0 amide bonds. The smallest absolute Gasteiger partial charge is 0.161 e. The maximum atomic E-state index is 5.89. The number of rotatable bonds is 2. The molecule has 4 N–H and O–H groups in total. The van der Waals surface area contributed by atoms with Crippen LogP contribution in [0.25, 0.3) is 0 Å². The van der Waals surface area contributed by atoms with E-state index >= 15 is 0 Å². The maximum Gasteiger partial charge on any atom is 0.161 e. The molecule has 0 fully saturated rings. The van der Waals surface area contributed by atoms with Crippen molar-refractivity contribution in [2.24, 2.45) is 0 Å². The van der Waals surface area contributed by atoms with Crippen molar-refractivity contribution in [2.45, 2.75) is 0 Å². The van der Waals surface area contributed by atoms with Gasteiger partial charge in [-0.05, 0) is 46.9 Å². The minimum absolute atomic E-state index is 0.544. The monoisotopic (exact) mass is 440 g/mol. The average molecular weight is 441 g/mol. The van der Waals surface area contributed by atoms with E-state index < -0.39 is 0 Å². The number of hydrogen-bond donors (Lipinski definition) is 2. The molecule has 0 spiro atoms. The molecular formula is C14H15Cl2IN2O2. The van der Waals surface area contributed by atoms with Crippen LogP contribution in [-0.2, 0) is 0 Å². The van der Waals surface area contributed by atoms with Gasteiger partial charge in [-0.2, -0.15) is 0 Å². The highest BCUT2D eigenvalue weighted by Crippen LogP contribution is 2.34. The van der Waals surface area contributed by atoms with Crippen LogP contribution in [0.15, 0.2) is 30.3 Å². The van der Waals surface area contributed by atoms with Crippen LogP contribution in [0.2, 0.25) is 10.0 Å². The Balaban J connectivity index is 0.000000211. The number of ether oxygens (including phenoxy) is 2. The Labute approximate surface area is 147 Å². The van der Waals surface area contributed by atoms with Gasteiger partial charge >= 0.3 is 0 Å². The largest absolute Gasteiger partial charge is 0.493 e. The van der Waals surface area contributed by atoms with E-state index in [9.17, 15) is 0 Å². The molecule has 21 heavy (non-hydrogen) atoms. The van der Waals surface area contributed by atoms with Gasteiger partial charge in [0.05, 0.1) is 35.6 Å². The van der Waals surface area contributed by atoms with E-state index in [0.717, 1.165) is 3.57 Å². The summed E-state index contributed by atoms with van der Waals surface area (Å²) in [7, 11) is 3.09. The van der Waals surface area contributed by atoms with Crippen molar-refractivity contribution in [2.75, 3.05) is 25.7 Å². The molecule has 0 aliphatic carbocycles. The molecule has 0 atom stereocenters. The van der Waals surface area contributed by atoms with Gasteiger partial charge in [-0.1, -0.05) is 29.3 Å². The molecule has 0 aliphatic rings. The first-order valence-electron chi connectivity index (χ1n) is 5.77. The van der Waals surface area contributed by atoms with Crippen LogP contribution in [0.5, 0.6) is 11.5 Å². The summed E-state index contributed by atoms with van der Waals surface area (Å²) in [4.78, 5) is 0. The molecule has 4 nitrogen and oxygen atoms in total. The van der Waals surface area contributed by atoms with Crippen molar-refractivity contribution >= 4 is 57.2 Å². The summed E-state index contributed by atoms with van der Waals surface area (Å²) in [6, 6.07) is 8.87. The van der Waals surface area contributed by atoms with Gasteiger partial charge < -0.3 is 20.9 Å². The third kappa shape index (κ3) is 4.72. The van der Waals surface area contributed by atoms with E-state index in [0.29, 0.717) is 32.9 Å². The summed E-state index contributed by atoms with van der Waals surface area (Å²) in [5.41, 5.74) is 12.2. The van der Waals surface area contributed by atoms with Gasteiger partial charge in [-0.25, -0.2) is 0 Å². The molecule has 0 aliphatic heterocycles. The van der Waals surface area contributed by atoms with Gasteiger partial charge in [0.1, 0.15) is 0 Å². The second-order valence-corrected chi connectivity index (χ2v) is 5.79. The van der Waals surface area contributed by atoms with Crippen LogP contribution in [-0.4, -0.2) is 14.2 Å². The first-order valence-corrected chi connectivity index (χ1v) is 7.61. The zero-order valence-electron chi connectivity index (χ0n) is 11.5. The van der Waals surface area contributed by atoms with Gasteiger partial charge in [0.2, 0.25) is 0 Å². The fourth-order valence-corrected chi connectivity index (χ4v) is 2.43. The second kappa shape index (κ2) is 8.41. The standard InChI is InChI=1S/C7H7ClINO.C7H8ClNO/c1-11-7-5(10)3-2-4(9)6(7)8;1-10-7-5(8)3-2-4-6(7)9/h2-3H,10H2,1H3;2-4H,9H2,1H3. The summed E-state index contributed by atoms with van der Waals surface area (Å²) in [5.74, 6) is 1.10. The van der Waals surface area contributed by atoms with E-state index in [1.165, 1.54) is 7.11 Å². The van der Waals surface area contributed by atoms with Crippen LogP contribution in [0.3, 0.4) is 0 Å². The van der Waals surface area contributed by atoms with Crippen LogP contribution < -0.4 is 20.9 Å². The summed E-state index contributed by atoms with van der Waals surface area (Å²) >= 11 is 13.7. The summed E-state index contributed by atoms with van der Waals surface area (Å²) in [6.45, 7) is 0. The van der Waals surface area contributed by atoms with Gasteiger partial charge in [0, 0.05) is 3.57 Å². The van der Waals surface area contributed by atoms with E-state index in [1.54, 1.807) is 31.4 Å². The average Bonchev–Trinajstić information content (AvgIpc) is 2.45. The fourth-order valence-electron chi connectivity index (χ4n) is 1.50. The number of halogens is 3. The SMILES string of the molecule is COc1c(N)ccc(I)c1Cl.COc1c(N)cccc1Cl. The van der Waals surface area contributed by atoms with E-state index in [4.69, 9.17) is 44.1 Å². The Hall–Kier alpha value is -1.05. The minimum Gasteiger partial charge on any atom is -0.493 e. The van der Waals surface area contributed by atoms with Gasteiger partial charge in [0.25, 0.3) is 0 Å². The Morgan fingerprint density at radius 2 is 1.48 bits per heavy atom. The predicted molar refractivity (Wildman–Crippen MR) is 97.5 cm³/mol. The molecule has 114 valence electrons. The summed E-state index contributed by atoms with van der Waals surface area (Å²) < 4.78 is 10.9. The van der Waals surface area contributed by atoms with Crippen molar-refractivity contribution in [3.05, 3.63) is 43.9 Å². The highest BCUT2D eigenvalue weighted by molar-refractivity contribution is 14.1. The molecule has 0 unspecified atom stereocenters. The van der Waals surface area contributed by atoms with E-state index in [-0.39, 0.29) is 0 Å². The van der Waals surface area contributed by atoms with Crippen molar-refractivity contribution in [1.82, 2.24) is 0 Å². The third-order valence-corrected chi connectivity index (χ3v) is 4.38. The molecule has 2 aromatic carbocycles. The molecule has 0 saturated carbocycles. The molecule has 2 rings (SSSR count). The summed E-state index contributed by atoms with van der Waals surface area (Å²) in [6.07, 6.45) is 0. The Morgan fingerprint density at radius 1 is 0.905 bits per heavy atom. The molecule has 0 radical (unpaired) electrons. The number of para-hydroxylation sites is 1. The highest BCUT2D eigenvalue weighted by Gasteiger charge is 2.07. The summed E-state index contributed by atoms with van der Waals surface area (Å²) in [5, 5.41) is 1.12. The number of nitrogens with two attached hydrogens (primary N) is 2. The van der Waals surface area contributed by atoms with E-state index in [2.05, 4.69) is 22.6 Å². The Bertz CT molecular complexity index is 604. The van der Waals surface area contributed by atoms with Gasteiger partial charge in [-0.15, -0.1) is 0 Å². The lowest BCUT2D eigenvalue weighted by atomic mass is 10.3. The lowest BCUT2D eigenvalue weighted by molar-refractivity contribution is 0.417. The third-order valence-electron chi connectivity index (χ3n) is 2.49. The molecule has 0 heterocycles. The number of hydrogen-bond acceptors (Lipinski definition) is 4. The quantitative estimate of drug-likeness (QED) is 0.534. The highest BCUT2D eigenvalue weighted by atomic mass is 127. The topological polar surface area (TPSA) is 70.5 Å². The maximum absolute atomic E-state index is 5.89. The molecular weight excluding hydrogens is 426 g/mol. The first kappa shape index (κ1) is 18.0. The molecule has 0 saturated heterocycles. The predicted octanol–water partition coefficient (Wildman–Crippen LogP) is 4.47. The normalized spacial score (nSPS) is 9.57. The number of benzene rings is 2. The molecule has 2 aromatic rings. The van der Waals surface area contributed by atoms with Gasteiger partial charge in [0.15, 0.2) is 11.5 Å². The Morgan fingerprint density at radius 3 is 1.90 bits per heavy atom. The van der Waals surface area contributed by atoms with Crippen LogP contribution in [0.1, 0.15) is 0 Å². The number of anilines is 2. The molecule has 0 aromatic heterocycles. The lowest BCUT2D eigenvalue weighted by Crippen LogP contribution is -1.93. The number of nitrogen functional groups attached to an aromatic ring is 2. The number of methoxy groups -OCH3 is 2. The zero-order valence-corrected chi connectivity index (χ0v) is 15.2. The second-order valence-electron chi connectivity index (χ2n) is 3.85. The Kier molecular flexibility index (Phi) is 7.21.